The van der Waals surface area contributed by atoms with E-state index in [9.17, 15) is 27.6 Å². The van der Waals surface area contributed by atoms with Crippen molar-refractivity contribution < 1.29 is 46.9 Å². The molecule has 1 atom stereocenters. The van der Waals surface area contributed by atoms with Crippen LogP contribution in [-0.2, 0) is 37.1 Å². The van der Waals surface area contributed by atoms with E-state index in [4.69, 9.17) is 19.4 Å². The van der Waals surface area contributed by atoms with E-state index in [2.05, 4.69) is 5.32 Å². The summed E-state index contributed by atoms with van der Waals surface area (Å²) in [5, 5.41) is 9.59. The number of carbonyl (C=O) groups excluding carboxylic acids is 3. The third kappa shape index (κ3) is 11.9. The Hall–Kier alpha value is -3.89. The Bertz CT molecular complexity index is 890. The molecule has 0 spiro atoms. The zero-order chi connectivity index (χ0) is 24.7. The van der Waals surface area contributed by atoms with E-state index in [1.807, 2.05) is 60.7 Å². The summed E-state index contributed by atoms with van der Waals surface area (Å²) in [6.45, 7) is 0.185. The first kappa shape index (κ1) is 27.1. The third-order valence-corrected chi connectivity index (χ3v) is 3.83. The largest absolute Gasteiger partial charge is 0.490 e. The Morgan fingerprint density at radius 2 is 1.36 bits per heavy atom. The number of aldehydes is 1. The summed E-state index contributed by atoms with van der Waals surface area (Å²) in [6.07, 6.45) is -4.85. The van der Waals surface area contributed by atoms with Crippen LogP contribution in [0.5, 0.6) is 0 Å². The van der Waals surface area contributed by atoms with Crippen molar-refractivity contribution in [3.05, 3.63) is 71.8 Å². The van der Waals surface area contributed by atoms with Crippen LogP contribution in [0.2, 0.25) is 0 Å². The minimum Gasteiger partial charge on any atom is -0.475 e. The average molecular weight is 469 g/mol. The number of alkyl halides is 3. The second-order valence-corrected chi connectivity index (χ2v) is 6.40. The monoisotopic (exact) mass is 469 g/mol. The van der Waals surface area contributed by atoms with Crippen LogP contribution in [0.3, 0.4) is 0 Å². The zero-order valence-corrected chi connectivity index (χ0v) is 17.3. The molecule has 0 bridgehead atoms. The summed E-state index contributed by atoms with van der Waals surface area (Å²) < 4.78 is 42.1. The van der Waals surface area contributed by atoms with Gasteiger partial charge < -0.3 is 24.7 Å². The van der Waals surface area contributed by atoms with Gasteiger partial charge in [0.25, 0.3) is 0 Å². The van der Waals surface area contributed by atoms with Crippen molar-refractivity contribution in [2.75, 3.05) is 0 Å². The molecule has 178 valence electrons. The van der Waals surface area contributed by atoms with Crippen molar-refractivity contribution in [2.45, 2.75) is 38.3 Å². The first-order chi connectivity index (χ1) is 15.6. The van der Waals surface area contributed by atoms with Crippen LogP contribution in [0, 0.1) is 0 Å². The number of benzene rings is 2. The lowest BCUT2D eigenvalue weighted by Gasteiger charge is -2.17. The fourth-order valence-corrected chi connectivity index (χ4v) is 2.22. The lowest BCUT2D eigenvalue weighted by Crippen LogP contribution is -2.42. The Morgan fingerprint density at radius 3 is 1.79 bits per heavy atom. The SMILES string of the molecule is O=C(O)C(F)(F)F.O=CCCC(NC(=O)OCc1ccccc1)C(=O)OCc1ccccc1. The summed E-state index contributed by atoms with van der Waals surface area (Å²) in [4.78, 5) is 43.7. The van der Waals surface area contributed by atoms with Crippen molar-refractivity contribution in [2.24, 2.45) is 0 Å². The Labute approximate surface area is 187 Å². The molecule has 2 aromatic carbocycles. The van der Waals surface area contributed by atoms with Crippen molar-refractivity contribution in [3.63, 3.8) is 0 Å². The molecular formula is C22H22F3NO7. The topological polar surface area (TPSA) is 119 Å². The molecule has 1 amide bonds. The van der Waals surface area contributed by atoms with Gasteiger partial charge in [-0.15, -0.1) is 0 Å². The van der Waals surface area contributed by atoms with Crippen LogP contribution < -0.4 is 5.32 Å². The van der Waals surface area contributed by atoms with Gasteiger partial charge in [-0.3, -0.25) is 0 Å². The number of rotatable bonds is 9. The highest BCUT2D eigenvalue weighted by molar-refractivity contribution is 5.81. The molecule has 0 aliphatic heterocycles. The van der Waals surface area contributed by atoms with Gasteiger partial charge in [-0.25, -0.2) is 14.4 Å². The fraction of sp³-hybridized carbons (Fsp3) is 0.273. The lowest BCUT2D eigenvalue weighted by molar-refractivity contribution is -0.192. The second kappa shape index (κ2) is 14.2. The average Bonchev–Trinajstić information content (AvgIpc) is 2.80. The van der Waals surface area contributed by atoms with Gasteiger partial charge in [-0.1, -0.05) is 60.7 Å². The Kier molecular flexibility index (Phi) is 11.7. The number of carbonyl (C=O) groups is 4. The summed E-state index contributed by atoms with van der Waals surface area (Å²) in [7, 11) is 0. The van der Waals surface area contributed by atoms with Gasteiger partial charge >= 0.3 is 24.2 Å². The molecule has 0 saturated carbocycles. The summed E-state index contributed by atoms with van der Waals surface area (Å²) in [5.41, 5.74) is 1.67. The van der Waals surface area contributed by atoms with Gasteiger partial charge in [0.05, 0.1) is 0 Å². The normalized spacial score (nSPS) is 11.2. The van der Waals surface area contributed by atoms with Crippen LogP contribution in [0.1, 0.15) is 24.0 Å². The first-order valence-corrected chi connectivity index (χ1v) is 9.55. The molecule has 0 saturated heterocycles. The van der Waals surface area contributed by atoms with Gasteiger partial charge in [0.2, 0.25) is 0 Å². The molecule has 11 heteroatoms. The van der Waals surface area contributed by atoms with E-state index in [1.54, 1.807) is 0 Å². The molecule has 0 aliphatic carbocycles. The number of alkyl carbamates (subject to hydrolysis) is 1. The molecule has 0 fully saturated rings. The van der Waals surface area contributed by atoms with Crippen molar-refractivity contribution >= 4 is 24.3 Å². The highest BCUT2D eigenvalue weighted by Gasteiger charge is 2.38. The van der Waals surface area contributed by atoms with Crippen LogP contribution >= 0.6 is 0 Å². The predicted octanol–water partition coefficient (Wildman–Crippen LogP) is 3.64. The Balaban J connectivity index is 0.000000675. The molecule has 0 radical (unpaired) electrons. The van der Waals surface area contributed by atoms with E-state index in [0.29, 0.717) is 6.29 Å². The summed E-state index contributed by atoms with van der Waals surface area (Å²) in [5.74, 6) is -3.36. The molecule has 0 heterocycles. The number of nitrogens with one attached hydrogen (secondary N) is 1. The maximum Gasteiger partial charge on any atom is 0.490 e. The van der Waals surface area contributed by atoms with Gasteiger partial charge in [-0.05, 0) is 17.5 Å². The van der Waals surface area contributed by atoms with Crippen LogP contribution in [-0.4, -0.2) is 41.6 Å². The number of carboxylic acid groups (broad SMARTS) is 1. The number of hydrogen-bond donors (Lipinski definition) is 2. The lowest BCUT2D eigenvalue weighted by atomic mass is 10.1. The molecule has 2 N–H and O–H groups in total. The molecule has 2 rings (SSSR count). The number of aliphatic carboxylic acids is 1. The van der Waals surface area contributed by atoms with Crippen molar-refractivity contribution in [1.82, 2.24) is 5.32 Å². The van der Waals surface area contributed by atoms with E-state index in [0.717, 1.165) is 11.1 Å². The number of ether oxygens (including phenoxy) is 2. The predicted molar refractivity (Wildman–Crippen MR) is 109 cm³/mol. The molecule has 0 aliphatic rings. The highest BCUT2D eigenvalue weighted by atomic mass is 19.4. The summed E-state index contributed by atoms with van der Waals surface area (Å²) in [6, 6.07) is 17.4. The van der Waals surface area contributed by atoms with E-state index in [1.165, 1.54) is 0 Å². The van der Waals surface area contributed by atoms with Crippen LogP contribution in [0.25, 0.3) is 0 Å². The van der Waals surface area contributed by atoms with Gasteiger partial charge in [0, 0.05) is 6.42 Å². The maximum atomic E-state index is 12.2. The molecule has 33 heavy (non-hydrogen) atoms. The quantitative estimate of drug-likeness (QED) is 0.425. The van der Waals surface area contributed by atoms with Crippen LogP contribution in [0.4, 0.5) is 18.0 Å². The second-order valence-electron chi connectivity index (χ2n) is 6.40. The Morgan fingerprint density at radius 1 is 0.909 bits per heavy atom. The van der Waals surface area contributed by atoms with Crippen molar-refractivity contribution in [1.29, 1.82) is 0 Å². The van der Waals surface area contributed by atoms with E-state index < -0.39 is 30.2 Å². The van der Waals surface area contributed by atoms with Gasteiger partial charge in [0.15, 0.2) is 0 Å². The standard InChI is InChI=1S/C20H21NO5.C2HF3O2/c22-13-7-12-18(19(23)25-14-16-8-3-1-4-9-16)21-20(24)26-15-17-10-5-2-6-11-17;3-2(4,5)1(6)7/h1-6,8-11,13,18H,7,12,14-15H2,(H,21,24);(H,6,7). The van der Waals surface area contributed by atoms with Crippen molar-refractivity contribution in [3.8, 4) is 0 Å². The molecule has 1 unspecified atom stereocenters. The van der Waals surface area contributed by atoms with Gasteiger partial charge in [-0.2, -0.15) is 13.2 Å². The molecule has 0 aromatic heterocycles. The van der Waals surface area contributed by atoms with E-state index in [-0.39, 0.29) is 26.1 Å². The number of halogens is 3. The zero-order valence-electron chi connectivity index (χ0n) is 17.3. The highest BCUT2D eigenvalue weighted by Crippen LogP contribution is 2.13. The number of esters is 1. The maximum absolute atomic E-state index is 12.2. The molecule has 2 aromatic rings. The van der Waals surface area contributed by atoms with Crippen LogP contribution in [0.15, 0.2) is 60.7 Å². The number of carboxylic acids is 1. The van der Waals surface area contributed by atoms with Gasteiger partial charge in [0.1, 0.15) is 25.5 Å². The van der Waals surface area contributed by atoms with E-state index >= 15 is 0 Å². The molecule has 8 nitrogen and oxygen atoms in total. The third-order valence-electron chi connectivity index (χ3n) is 3.83. The minimum absolute atomic E-state index is 0.0894. The number of amides is 1. The smallest absolute Gasteiger partial charge is 0.475 e. The minimum atomic E-state index is -5.08. The fourth-order valence-electron chi connectivity index (χ4n) is 2.22. The number of hydrogen-bond acceptors (Lipinski definition) is 6. The first-order valence-electron chi connectivity index (χ1n) is 9.55. The summed E-state index contributed by atoms with van der Waals surface area (Å²) >= 11 is 0. The molecular weight excluding hydrogens is 447 g/mol.